The summed E-state index contributed by atoms with van der Waals surface area (Å²) in [4.78, 5) is 0. The predicted octanol–water partition coefficient (Wildman–Crippen LogP) is 4.56. The molecule has 2 atom stereocenters. The number of hydrogen-bond donors (Lipinski definition) is 1. The minimum absolute atomic E-state index is 0.0492. The average molecular weight is 289 g/mol. The highest BCUT2D eigenvalue weighted by molar-refractivity contribution is 5.29. The van der Waals surface area contributed by atoms with E-state index < -0.39 is 0 Å². The molecule has 1 aliphatic rings. The fourth-order valence-corrected chi connectivity index (χ4v) is 3.66. The predicted molar refractivity (Wildman–Crippen MR) is 89.6 cm³/mol. The second kappa shape index (κ2) is 6.39. The Hall–Kier alpha value is -1.02. The van der Waals surface area contributed by atoms with Crippen LogP contribution in [0.1, 0.15) is 58.4 Å². The van der Waals surface area contributed by atoms with Crippen LogP contribution in [-0.2, 0) is 6.42 Å². The van der Waals surface area contributed by atoms with Crippen molar-refractivity contribution in [1.82, 2.24) is 0 Å². The molecular formula is C19H31NO. The van der Waals surface area contributed by atoms with Gasteiger partial charge in [0.1, 0.15) is 5.75 Å². The number of rotatable bonds is 3. The van der Waals surface area contributed by atoms with E-state index in [9.17, 15) is 0 Å². The third-order valence-corrected chi connectivity index (χ3v) is 5.13. The van der Waals surface area contributed by atoms with Crippen LogP contribution in [0.4, 0.5) is 0 Å². The minimum atomic E-state index is -0.0492. The van der Waals surface area contributed by atoms with E-state index in [-0.39, 0.29) is 5.54 Å². The molecule has 0 radical (unpaired) electrons. The summed E-state index contributed by atoms with van der Waals surface area (Å²) in [6, 6.07) is 8.35. The lowest BCUT2D eigenvalue weighted by Crippen LogP contribution is -2.41. The van der Waals surface area contributed by atoms with Gasteiger partial charge in [-0.25, -0.2) is 0 Å². The summed E-state index contributed by atoms with van der Waals surface area (Å²) in [5, 5.41) is 0. The van der Waals surface area contributed by atoms with Crippen molar-refractivity contribution in [2.24, 2.45) is 17.1 Å². The SMILES string of the molecule is COc1cccc(CC2(N)CCCC(C(C)(C)C)CC2)c1. The average Bonchev–Trinajstić information content (AvgIpc) is 2.60. The van der Waals surface area contributed by atoms with Crippen molar-refractivity contribution in [1.29, 1.82) is 0 Å². The highest BCUT2D eigenvalue weighted by Gasteiger charge is 2.33. The maximum absolute atomic E-state index is 6.75. The summed E-state index contributed by atoms with van der Waals surface area (Å²) < 4.78 is 5.32. The van der Waals surface area contributed by atoms with E-state index in [2.05, 4.69) is 39.0 Å². The molecular weight excluding hydrogens is 258 g/mol. The molecule has 1 fully saturated rings. The van der Waals surface area contributed by atoms with E-state index in [1.807, 2.05) is 6.07 Å². The molecule has 1 aliphatic carbocycles. The van der Waals surface area contributed by atoms with E-state index in [1.165, 1.54) is 24.8 Å². The van der Waals surface area contributed by atoms with Crippen LogP contribution < -0.4 is 10.5 Å². The van der Waals surface area contributed by atoms with Crippen molar-refractivity contribution >= 4 is 0 Å². The van der Waals surface area contributed by atoms with Gasteiger partial charge in [0, 0.05) is 5.54 Å². The minimum Gasteiger partial charge on any atom is -0.497 e. The fraction of sp³-hybridized carbons (Fsp3) is 0.684. The molecule has 2 N–H and O–H groups in total. The Morgan fingerprint density at radius 3 is 2.67 bits per heavy atom. The Kier molecular flexibility index (Phi) is 4.98. The number of ether oxygens (including phenoxy) is 1. The highest BCUT2D eigenvalue weighted by atomic mass is 16.5. The third-order valence-electron chi connectivity index (χ3n) is 5.13. The molecule has 0 heterocycles. The molecule has 21 heavy (non-hydrogen) atoms. The maximum atomic E-state index is 6.75. The van der Waals surface area contributed by atoms with E-state index in [4.69, 9.17) is 10.5 Å². The van der Waals surface area contributed by atoms with Gasteiger partial charge in [0.05, 0.1) is 7.11 Å². The van der Waals surface area contributed by atoms with E-state index >= 15 is 0 Å². The molecule has 118 valence electrons. The summed E-state index contributed by atoms with van der Waals surface area (Å²) in [5.74, 6) is 1.73. The Bertz CT molecular complexity index is 463. The zero-order valence-electron chi connectivity index (χ0n) is 14.1. The molecule has 0 bridgehead atoms. The van der Waals surface area contributed by atoms with Gasteiger partial charge < -0.3 is 10.5 Å². The normalized spacial score (nSPS) is 27.2. The van der Waals surface area contributed by atoms with Crippen molar-refractivity contribution in [2.75, 3.05) is 7.11 Å². The van der Waals surface area contributed by atoms with Gasteiger partial charge in [0.25, 0.3) is 0 Å². The van der Waals surface area contributed by atoms with Crippen molar-refractivity contribution in [2.45, 2.75) is 64.8 Å². The topological polar surface area (TPSA) is 35.2 Å². The summed E-state index contributed by atoms with van der Waals surface area (Å²) in [7, 11) is 1.72. The molecule has 1 saturated carbocycles. The van der Waals surface area contributed by atoms with E-state index in [1.54, 1.807) is 7.11 Å². The Morgan fingerprint density at radius 1 is 1.24 bits per heavy atom. The lowest BCUT2D eigenvalue weighted by atomic mass is 9.76. The van der Waals surface area contributed by atoms with Crippen LogP contribution in [-0.4, -0.2) is 12.6 Å². The Balaban J connectivity index is 2.05. The first-order valence-electron chi connectivity index (χ1n) is 8.24. The number of methoxy groups -OCH3 is 1. The summed E-state index contributed by atoms with van der Waals surface area (Å²) in [6.07, 6.45) is 7.05. The summed E-state index contributed by atoms with van der Waals surface area (Å²) in [6.45, 7) is 7.09. The first-order chi connectivity index (χ1) is 9.82. The smallest absolute Gasteiger partial charge is 0.119 e. The van der Waals surface area contributed by atoms with Crippen LogP contribution >= 0.6 is 0 Å². The fourth-order valence-electron chi connectivity index (χ4n) is 3.66. The van der Waals surface area contributed by atoms with Crippen molar-refractivity contribution < 1.29 is 4.74 Å². The molecule has 0 spiro atoms. The van der Waals surface area contributed by atoms with Crippen LogP contribution in [0.25, 0.3) is 0 Å². The molecule has 0 aromatic heterocycles. The number of benzene rings is 1. The van der Waals surface area contributed by atoms with Crippen molar-refractivity contribution in [3.8, 4) is 5.75 Å². The van der Waals surface area contributed by atoms with Crippen LogP contribution in [0.2, 0.25) is 0 Å². The first kappa shape index (κ1) is 16.4. The first-order valence-corrected chi connectivity index (χ1v) is 8.24. The zero-order valence-corrected chi connectivity index (χ0v) is 14.1. The quantitative estimate of drug-likeness (QED) is 0.828. The van der Waals surface area contributed by atoms with Crippen LogP contribution in [0.15, 0.2) is 24.3 Å². The standard InChI is InChI=1S/C19H31NO/c1-18(2,3)16-8-6-11-19(20,12-10-16)14-15-7-5-9-17(13-15)21-4/h5,7,9,13,16H,6,8,10-12,14,20H2,1-4H3. The van der Waals surface area contributed by atoms with Crippen molar-refractivity contribution in [3.63, 3.8) is 0 Å². The monoisotopic (exact) mass is 289 g/mol. The van der Waals surface area contributed by atoms with Crippen molar-refractivity contribution in [3.05, 3.63) is 29.8 Å². The number of nitrogens with two attached hydrogens (primary N) is 1. The molecule has 0 saturated heterocycles. The lowest BCUT2D eigenvalue weighted by Gasteiger charge is -2.31. The van der Waals surface area contributed by atoms with E-state index in [0.29, 0.717) is 5.41 Å². The number of hydrogen-bond acceptors (Lipinski definition) is 2. The largest absolute Gasteiger partial charge is 0.497 e. The molecule has 2 nitrogen and oxygen atoms in total. The second-order valence-electron chi connectivity index (χ2n) is 7.88. The molecule has 2 heteroatoms. The van der Waals surface area contributed by atoms with Crippen LogP contribution in [0.3, 0.4) is 0 Å². The van der Waals surface area contributed by atoms with Gasteiger partial charge in [-0.2, -0.15) is 0 Å². The van der Waals surface area contributed by atoms with Gasteiger partial charge in [0.15, 0.2) is 0 Å². The van der Waals surface area contributed by atoms with Gasteiger partial charge >= 0.3 is 0 Å². The van der Waals surface area contributed by atoms with Gasteiger partial charge in [-0.05, 0) is 61.1 Å². The van der Waals surface area contributed by atoms with Gasteiger partial charge in [-0.15, -0.1) is 0 Å². The maximum Gasteiger partial charge on any atom is 0.119 e. The van der Waals surface area contributed by atoms with Crippen LogP contribution in [0, 0.1) is 11.3 Å². The van der Waals surface area contributed by atoms with Gasteiger partial charge in [-0.3, -0.25) is 0 Å². The van der Waals surface area contributed by atoms with Crippen LogP contribution in [0.5, 0.6) is 5.75 Å². The molecule has 1 aromatic carbocycles. The third kappa shape index (κ3) is 4.47. The lowest BCUT2D eigenvalue weighted by molar-refractivity contribution is 0.210. The molecule has 0 amide bonds. The second-order valence-corrected chi connectivity index (χ2v) is 7.88. The van der Waals surface area contributed by atoms with Gasteiger partial charge in [0.2, 0.25) is 0 Å². The Morgan fingerprint density at radius 2 is 2.00 bits per heavy atom. The summed E-state index contributed by atoms with van der Waals surface area (Å²) >= 11 is 0. The van der Waals surface area contributed by atoms with Gasteiger partial charge in [-0.1, -0.05) is 39.3 Å². The molecule has 2 rings (SSSR count). The van der Waals surface area contributed by atoms with E-state index in [0.717, 1.165) is 30.9 Å². The molecule has 0 aliphatic heterocycles. The Labute approximate surface area is 130 Å². The molecule has 1 aromatic rings. The highest BCUT2D eigenvalue weighted by Crippen LogP contribution is 2.40. The summed E-state index contributed by atoms with van der Waals surface area (Å²) in [5.41, 5.74) is 8.40. The zero-order chi connectivity index (χ0) is 15.5. The molecule has 2 unspecified atom stereocenters.